The molecule has 1 aliphatic rings. The highest BCUT2D eigenvalue weighted by atomic mass is 16.2. The van der Waals surface area contributed by atoms with E-state index in [2.05, 4.69) is 10.2 Å². The Kier molecular flexibility index (Phi) is 5.77. The number of hydrogen-bond acceptors (Lipinski definition) is 3. The molecule has 1 aromatic rings. The van der Waals surface area contributed by atoms with Crippen LogP contribution < -0.4 is 5.32 Å². The summed E-state index contributed by atoms with van der Waals surface area (Å²) < 4.78 is 0. The van der Waals surface area contributed by atoms with Crippen molar-refractivity contribution in [3.8, 4) is 0 Å². The molecule has 1 heterocycles. The molecule has 1 saturated heterocycles. The third kappa shape index (κ3) is 4.32. The van der Waals surface area contributed by atoms with E-state index in [-0.39, 0.29) is 23.8 Å². The average Bonchev–Trinajstić information content (AvgIpc) is 2.55. The highest BCUT2D eigenvalue weighted by Gasteiger charge is 2.28. The summed E-state index contributed by atoms with van der Waals surface area (Å²) in [5.41, 5.74) is 1.92. The van der Waals surface area contributed by atoms with E-state index in [1.165, 1.54) is 0 Å². The number of amides is 2. The number of piperazine rings is 1. The summed E-state index contributed by atoms with van der Waals surface area (Å²) >= 11 is 0. The summed E-state index contributed by atoms with van der Waals surface area (Å²) in [6.45, 7) is 10.6. The van der Waals surface area contributed by atoms with Gasteiger partial charge in [-0.15, -0.1) is 0 Å². The Bertz CT molecular complexity index is 563. The van der Waals surface area contributed by atoms with Crippen LogP contribution in [0.1, 0.15) is 26.3 Å². The van der Waals surface area contributed by atoms with Crippen LogP contribution in [0.3, 0.4) is 0 Å². The van der Waals surface area contributed by atoms with E-state index in [9.17, 15) is 9.59 Å². The molecule has 1 unspecified atom stereocenters. The molecule has 2 amide bonds. The molecular formula is C18H27N3O2. The zero-order valence-corrected chi connectivity index (χ0v) is 14.5. The van der Waals surface area contributed by atoms with Crippen LogP contribution in [0.4, 0.5) is 5.69 Å². The van der Waals surface area contributed by atoms with Gasteiger partial charge in [-0.05, 0) is 25.5 Å². The number of nitrogens with zero attached hydrogens (tertiary/aromatic N) is 2. The fourth-order valence-corrected chi connectivity index (χ4v) is 2.81. The van der Waals surface area contributed by atoms with Crippen LogP contribution in [0, 0.1) is 12.8 Å². The van der Waals surface area contributed by atoms with Gasteiger partial charge in [-0.2, -0.15) is 0 Å². The fourth-order valence-electron chi connectivity index (χ4n) is 2.81. The average molecular weight is 317 g/mol. The number of para-hydroxylation sites is 1. The van der Waals surface area contributed by atoms with E-state index in [1.54, 1.807) is 0 Å². The minimum atomic E-state index is -0.203. The number of nitrogens with one attached hydrogen (secondary N) is 1. The lowest BCUT2D eigenvalue weighted by atomic mass is 10.1. The molecule has 1 fully saturated rings. The second kappa shape index (κ2) is 7.59. The Labute approximate surface area is 138 Å². The van der Waals surface area contributed by atoms with E-state index in [0.29, 0.717) is 13.1 Å². The van der Waals surface area contributed by atoms with Crippen molar-refractivity contribution in [2.75, 3.05) is 31.5 Å². The maximum Gasteiger partial charge on any atom is 0.241 e. The molecule has 5 heteroatoms. The molecule has 1 aliphatic heterocycles. The zero-order valence-electron chi connectivity index (χ0n) is 14.5. The van der Waals surface area contributed by atoms with Gasteiger partial charge < -0.3 is 10.2 Å². The number of hydrogen-bond donors (Lipinski definition) is 1. The van der Waals surface area contributed by atoms with Crippen LogP contribution in [-0.4, -0.2) is 53.8 Å². The Morgan fingerprint density at radius 2 is 1.65 bits per heavy atom. The fraction of sp³-hybridized carbons (Fsp3) is 0.556. The molecule has 5 nitrogen and oxygen atoms in total. The van der Waals surface area contributed by atoms with E-state index in [1.807, 2.05) is 56.9 Å². The third-order valence-electron chi connectivity index (χ3n) is 4.45. The van der Waals surface area contributed by atoms with Crippen molar-refractivity contribution in [1.29, 1.82) is 0 Å². The molecule has 0 aliphatic carbocycles. The van der Waals surface area contributed by atoms with Crippen molar-refractivity contribution in [2.24, 2.45) is 5.92 Å². The molecule has 0 bridgehead atoms. The molecule has 1 atom stereocenters. The molecule has 0 spiro atoms. The van der Waals surface area contributed by atoms with Crippen molar-refractivity contribution < 1.29 is 9.59 Å². The van der Waals surface area contributed by atoms with Crippen LogP contribution in [0.2, 0.25) is 0 Å². The minimum absolute atomic E-state index is 0.00272. The van der Waals surface area contributed by atoms with Crippen molar-refractivity contribution in [3.05, 3.63) is 29.8 Å². The Morgan fingerprint density at radius 1 is 1.04 bits per heavy atom. The molecule has 23 heavy (non-hydrogen) atoms. The van der Waals surface area contributed by atoms with E-state index in [4.69, 9.17) is 0 Å². The van der Waals surface area contributed by atoms with Gasteiger partial charge in [0, 0.05) is 37.8 Å². The number of rotatable bonds is 4. The largest absolute Gasteiger partial charge is 0.340 e. The van der Waals surface area contributed by atoms with Gasteiger partial charge in [-0.1, -0.05) is 32.0 Å². The lowest BCUT2D eigenvalue weighted by Gasteiger charge is -2.38. The maximum atomic E-state index is 12.5. The minimum Gasteiger partial charge on any atom is -0.340 e. The van der Waals surface area contributed by atoms with Crippen LogP contribution in [0.15, 0.2) is 24.3 Å². The van der Waals surface area contributed by atoms with Crippen LogP contribution in [-0.2, 0) is 9.59 Å². The monoisotopic (exact) mass is 317 g/mol. The summed E-state index contributed by atoms with van der Waals surface area (Å²) in [7, 11) is 0. The molecule has 0 aromatic heterocycles. The smallest absolute Gasteiger partial charge is 0.241 e. The van der Waals surface area contributed by atoms with Gasteiger partial charge >= 0.3 is 0 Å². The highest BCUT2D eigenvalue weighted by Crippen LogP contribution is 2.15. The second-order valence-electron chi connectivity index (χ2n) is 6.50. The lowest BCUT2D eigenvalue weighted by Crippen LogP contribution is -2.54. The SMILES string of the molecule is Cc1ccccc1NC(=O)C(C)N1CCN(C(=O)C(C)C)CC1. The summed E-state index contributed by atoms with van der Waals surface area (Å²) in [5, 5.41) is 3.00. The predicted octanol–water partition coefficient (Wildman–Crippen LogP) is 2.12. The molecule has 2 rings (SSSR count). The first kappa shape index (κ1) is 17.5. The topological polar surface area (TPSA) is 52.7 Å². The third-order valence-corrected chi connectivity index (χ3v) is 4.45. The van der Waals surface area contributed by atoms with Crippen molar-refractivity contribution in [2.45, 2.75) is 33.7 Å². The summed E-state index contributed by atoms with van der Waals surface area (Å²) in [6.07, 6.45) is 0. The predicted molar refractivity (Wildman–Crippen MR) is 92.3 cm³/mol. The lowest BCUT2D eigenvalue weighted by molar-refractivity contribution is -0.136. The summed E-state index contributed by atoms with van der Waals surface area (Å²) in [6, 6.07) is 7.57. The quantitative estimate of drug-likeness (QED) is 0.925. The summed E-state index contributed by atoms with van der Waals surface area (Å²) in [4.78, 5) is 28.5. The van der Waals surface area contributed by atoms with E-state index >= 15 is 0 Å². The Balaban J connectivity index is 1.89. The van der Waals surface area contributed by atoms with Crippen molar-refractivity contribution >= 4 is 17.5 Å². The van der Waals surface area contributed by atoms with Gasteiger partial charge in [0.1, 0.15) is 0 Å². The Morgan fingerprint density at radius 3 is 2.22 bits per heavy atom. The maximum absolute atomic E-state index is 12.5. The van der Waals surface area contributed by atoms with Crippen LogP contribution >= 0.6 is 0 Å². The van der Waals surface area contributed by atoms with Crippen molar-refractivity contribution in [1.82, 2.24) is 9.80 Å². The molecule has 0 radical (unpaired) electrons. The normalized spacial score (nSPS) is 17.2. The number of anilines is 1. The highest BCUT2D eigenvalue weighted by molar-refractivity contribution is 5.95. The first-order valence-corrected chi connectivity index (χ1v) is 8.29. The van der Waals surface area contributed by atoms with Gasteiger partial charge in [0.25, 0.3) is 0 Å². The zero-order chi connectivity index (χ0) is 17.0. The molecular weight excluding hydrogens is 290 g/mol. The first-order valence-electron chi connectivity index (χ1n) is 8.29. The molecule has 1 aromatic carbocycles. The molecule has 1 N–H and O–H groups in total. The van der Waals surface area contributed by atoms with Crippen molar-refractivity contribution in [3.63, 3.8) is 0 Å². The number of aryl methyl sites for hydroxylation is 1. The first-order chi connectivity index (χ1) is 10.9. The van der Waals surface area contributed by atoms with Gasteiger partial charge in [-0.25, -0.2) is 0 Å². The van der Waals surface area contributed by atoms with Crippen LogP contribution in [0.25, 0.3) is 0 Å². The number of carbonyl (C=O) groups is 2. The van der Waals surface area contributed by atoms with E-state index in [0.717, 1.165) is 24.3 Å². The van der Waals surface area contributed by atoms with Gasteiger partial charge in [0.2, 0.25) is 11.8 Å². The van der Waals surface area contributed by atoms with Gasteiger partial charge in [-0.3, -0.25) is 14.5 Å². The second-order valence-corrected chi connectivity index (χ2v) is 6.50. The van der Waals surface area contributed by atoms with Gasteiger partial charge in [0.15, 0.2) is 0 Å². The molecule has 0 saturated carbocycles. The Hall–Kier alpha value is -1.88. The number of carbonyl (C=O) groups excluding carboxylic acids is 2. The van der Waals surface area contributed by atoms with E-state index < -0.39 is 0 Å². The standard InChI is InChI=1S/C18H27N3O2/c1-13(2)18(23)21-11-9-20(10-12-21)15(4)17(22)19-16-8-6-5-7-14(16)3/h5-8,13,15H,9-12H2,1-4H3,(H,19,22). The van der Waals surface area contributed by atoms with Crippen LogP contribution in [0.5, 0.6) is 0 Å². The van der Waals surface area contributed by atoms with Gasteiger partial charge in [0.05, 0.1) is 6.04 Å². The summed E-state index contributed by atoms with van der Waals surface area (Å²) in [5.74, 6) is 0.230. The number of benzene rings is 1. The molecule has 126 valence electrons.